The Kier molecular flexibility index (Phi) is 5.04. The van der Waals surface area contributed by atoms with E-state index in [1.54, 1.807) is 0 Å². The molecule has 1 aromatic heterocycles. The van der Waals surface area contributed by atoms with Crippen LogP contribution in [0.15, 0.2) is 29.2 Å². The van der Waals surface area contributed by atoms with Crippen molar-refractivity contribution in [2.45, 2.75) is 30.8 Å². The van der Waals surface area contributed by atoms with Gasteiger partial charge in [-0.15, -0.1) is 11.3 Å². The smallest absolute Gasteiger partial charge is 0.258 e. The number of rotatable bonds is 5. The van der Waals surface area contributed by atoms with E-state index in [0.717, 1.165) is 24.3 Å². The number of anilines is 1. The molecule has 25 heavy (non-hydrogen) atoms. The molecule has 0 aliphatic rings. The number of hydrogen-bond acceptors (Lipinski definition) is 6. The Balaban J connectivity index is 2.42. The van der Waals surface area contributed by atoms with Crippen molar-refractivity contribution in [1.29, 1.82) is 0 Å². The SMILES string of the molecule is CC(C)c1sc(NS(=O)(=O)c2cccc([N+](=O)[O-])c2)nc1C(F)(F)F. The maximum Gasteiger partial charge on any atom is 0.434 e. The lowest BCUT2D eigenvalue weighted by atomic mass is 10.1. The number of thiazole rings is 1. The van der Waals surface area contributed by atoms with Gasteiger partial charge >= 0.3 is 6.18 Å². The van der Waals surface area contributed by atoms with Crippen molar-refractivity contribution in [3.8, 4) is 0 Å². The number of hydrogen-bond donors (Lipinski definition) is 1. The van der Waals surface area contributed by atoms with Crippen LogP contribution in [0.1, 0.15) is 30.3 Å². The van der Waals surface area contributed by atoms with Gasteiger partial charge in [-0.25, -0.2) is 13.4 Å². The second kappa shape index (κ2) is 6.59. The maximum absolute atomic E-state index is 13.0. The van der Waals surface area contributed by atoms with Gasteiger partial charge in [0.25, 0.3) is 15.7 Å². The van der Waals surface area contributed by atoms with Crippen molar-refractivity contribution < 1.29 is 26.5 Å². The third-order valence-electron chi connectivity index (χ3n) is 3.01. The van der Waals surface area contributed by atoms with Crippen LogP contribution in [0.4, 0.5) is 24.0 Å². The molecule has 0 saturated carbocycles. The maximum atomic E-state index is 13.0. The minimum Gasteiger partial charge on any atom is -0.258 e. The Morgan fingerprint density at radius 3 is 2.44 bits per heavy atom. The molecule has 12 heteroatoms. The first-order chi connectivity index (χ1) is 11.4. The molecule has 2 rings (SSSR count). The summed E-state index contributed by atoms with van der Waals surface area (Å²) in [5.41, 5.74) is -1.61. The summed E-state index contributed by atoms with van der Waals surface area (Å²) in [5.74, 6) is -0.509. The number of halogens is 3. The summed E-state index contributed by atoms with van der Waals surface area (Å²) >= 11 is 0.571. The number of nitrogens with zero attached hydrogens (tertiary/aromatic N) is 2. The molecular weight excluding hydrogens is 383 g/mol. The third kappa shape index (κ3) is 4.25. The molecule has 0 spiro atoms. The van der Waals surface area contributed by atoms with Crippen LogP contribution in [-0.4, -0.2) is 18.3 Å². The van der Waals surface area contributed by atoms with E-state index in [-0.39, 0.29) is 4.88 Å². The molecule has 0 atom stereocenters. The van der Waals surface area contributed by atoms with Crippen molar-refractivity contribution >= 4 is 32.2 Å². The van der Waals surface area contributed by atoms with E-state index in [9.17, 15) is 31.7 Å². The second-order valence-corrected chi connectivity index (χ2v) is 7.96. The predicted octanol–water partition coefficient (Wildman–Crippen LogP) is 3.99. The number of nitro benzene ring substituents is 1. The van der Waals surface area contributed by atoms with Crippen LogP contribution in [0.25, 0.3) is 0 Å². The van der Waals surface area contributed by atoms with Gasteiger partial charge in [0.2, 0.25) is 0 Å². The summed E-state index contributed by atoms with van der Waals surface area (Å²) in [6, 6.07) is 4.16. The van der Waals surface area contributed by atoms with E-state index in [1.807, 2.05) is 4.72 Å². The minimum atomic E-state index is -4.72. The number of benzene rings is 1. The first-order valence-electron chi connectivity index (χ1n) is 6.77. The summed E-state index contributed by atoms with van der Waals surface area (Å²) < 4.78 is 65.5. The summed E-state index contributed by atoms with van der Waals surface area (Å²) in [6.07, 6.45) is -4.72. The molecule has 0 fully saturated rings. The molecule has 1 N–H and O–H groups in total. The lowest BCUT2D eigenvalue weighted by Crippen LogP contribution is -2.14. The summed E-state index contributed by atoms with van der Waals surface area (Å²) in [4.78, 5) is 12.7. The molecule has 0 saturated heterocycles. The fraction of sp³-hybridized carbons (Fsp3) is 0.308. The molecule has 0 bridgehead atoms. The summed E-state index contributed by atoms with van der Waals surface area (Å²) in [5, 5.41) is 10.3. The third-order valence-corrected chi connectivity index (χ3v) is 5.74. The first kappa shape index (κ1) is 19.1. The van der Waals surface area contributed by atoms with Gasteiger partial charge in [-0.05, 0) is 12.0 Å². The standard InChI is InChI=1S/C13H12F3N3O4S2/c1-7(2)10-11(13(14,15)16)17-12(24-10)18-25(22,23)9-5-3-4-8(6-9)19(20)21/h3-7H,1-2H3,(H,17,18). The fourth-order valence-corrected chi connectivity index (χ4v) is 4.17. The van der Waals surface area contributed by atoms with Crippen LogP contribution in [0.5, 0.6) is 0 Å². The Labute approximate surface area is 144 Å². The topological polar surface area (TPSA) is 102 Å². The first-order valence-corrected chi connectivity index (χ1v) is 9.07. The largest absolute Gasteiger partial charge is 0.434 e. The number of non-ortho nitro benzene ring substituents is 1. The molecular formula is C13H12F3N3O4S2. The molecule has 1 heterocycles. The van der Waals surface area contributed by atoms with Gasteiger partial charge in [0.05, 0.1) is 9.82 Å². The van der Waals surface area contributed by atoms with E-state index in [4.69, 9.17) is 0 Å². The van der Waals surface area contributed by atoms with Gasteiger partial charge in [0, 0.05) is 17.0 Å². The molecule has 0 aliphatic heterocycles. The quantitative estimate of drug-likeness (QED) is 0.609. The van der Waals surface area contributed by atoms with Crippen LogP contribution in [0, 0.1) is 10.1 Å². The van der Waals surface area contributed by atoms with Gasteiger partial charge in [-0.1, -0.05) is 19.9 Å². The second-order valence-electron chi connectivity index (χ2n) is 5.24. The lowest BCUT2D eigenvalue weighted by Gasteiger charge is -2.07. The van der Waals surface area contributed by atoms with Crippen molar-refractivity contribution in [1.82, 2.24) is 4.98 Å². The zero-order chi connectivity index (χ0) is 19.0. The molecule has 0 aliphatic carbocycles. The van der Waals surface area contributed by atoms with Crippen molar-refractivity contribution in [2.75, 3.05) is 4.72 Å². The van der Waals surface area contributed by atoms with Crippen molar-refractivity contribution in [2.24, 2.45) is 0 Å². The summed E-state index contributed by atoms with van der Waals surface area (Å²) in [6.45, 7) is 3.06. The van der Waals surface area contributed by atoms with Crippen molar-refractivity contribution in [3.63, 3.8) is 0 Å². The molecule has 7 nitrogen and oxygen atoms in total. The van der Waals surface area contributed by atoms with E-state index in [1.165, 1.54) is 13.8 Å². The van der Waals surface area contributed by atoms with Gasteiger partial charge in [-0.2, -0.15) is 13.2 Å². The van der Waals surface area contributed by atoms with E-state index >= 15 is 0 Å². The Hall–Kier alpha value is -2.21. The normalized spacial score (nSPS) is 12.4. The number of sulfonamides is 1. The molecule has 2 aromatic rings. The molecule has 1 aromatic carbocycles. The van der Waals surface area contributed by atoms with Gasteiger partial charge in [0.1, 0.15) is 0 Å². The monoisotopic (exact) mass is 395 g/mol. The van der Waals surface area contributed by atoms with E-state index in [2.05, 4.69) is 4.98 Å². The van der Waals surface area contributed by atoms with Crippen LogP contribution in [0.2, 0.25) is 0 Å². The van der Waals surface area contributed by atoms with Crippen LogP contribution in [-0.2, 0) is 16.2 Å². The van der Waals surface area contributed by atoms with Gasteiger partial charge in [0.15, 0.2) is 10.8 Å². The zero-order valence-electron chi connectivity index (χ0n) is 12.9. The van der Waals surface area contributed by atoms with Crippen LogP contribution in [0.3, 0.4) is 0 Å². The molecule has 136 valence electrons. The molecule has 0 amide bonds. The Morgan fingerprint density at radius 1 is 1.32 bits per heavy atom. The Bertz CT molecular complexity index is 907. The highest BCUT2D eigenvalue weighted by molar-refractivity contribution is 7.93. The highest BCUT2D eigenvalue weighted by atomic mass is 32.2. The van der Waals surface area contributed by atoms with Crippen LogP contribution < -0.4 is 4.72 Å². The minimum absolute atomic E-state index is 0.107. The van der Waals surface area contributed by atoms with E-state index in [0.29, 0.717) is 11.3 Å². The van der Waals surface area contributed by atoms with E-state index < -0.39 is 48.4 Å². The van der Waals surface area contributed by atoms with Crippen molar-refractivity contribution in [3.05, 3.63) is 45.0 Å². The number of aromatic nitrogens is 1. The fourth-order valence-electron chi connectivity index (χ4n) is 1.91. The average Bonchev–Trinajstić information content (AvgIpc) is 2.91. The highest BCUT2D eigenvalue weighted by Gasteiger charge is 2.38. The Morgan fingerprint density at radius 2 is 1.96 bits per heavy atom. The highest BCUT2D eigenvalue weighted by Crippen LogP contribution is 2.40. The predicted molar refractivity (Wildman–Crippen MR) is 85.1 cm³/mol. The lowest BCUT2D eigenvalue weighted by molar-refractivity contribution is -0.385. The number of nitrogens with one attached hydrogen (secondary N) is 1. The average molecular weight is 395 g/mol. The zero-order valence-corrected chi connectivity index (χ0v) is 14.5. The van der Waals surface area contributed by atoms with Gasteiger partial charge < -0.3 is 0 Å². The van der Waals surface area contributed by atoms with Crippen LogP contribution >= 0.6 is 11.3 Å². The van der Waals surface area contributed by atoms with Gasteiger partial charge in [-0.3, -0.25) is 14.8 Å². The molecule has 0 unspecified atom stereocenters. The number of nitro groups is 1. The summed E-state index contributed by atoms with van der Waals surface area (Å²) in [7, 11) is -4.32. The molecule has 0 radical (unpaired) electrons. The number of alkyl halides is 3.